The van der Waals surface area contributed by atoms with E-state index in [9.17, 15) is 5.11 Å². The van der Waals surface area contributed by atoms with Gasteiger partial charge in [0.1, 0.15) is 0 Å². The van der Waals surface area contributed by atoms with Gasteiger partial charge in [-0.05, 0) is 37.3 Å². The smallest absolute Gasteiger partial charge is 0.0661 e. The number of nitrogens with one attached hydrogen (secondary N) is 1. The van der Waals surface area contributed by atoms with Crippen molar-refractivity contribution in [3.05, 3.63) is 29.3 Å². The first kappa shape index (κ1) is 14.7. The highest BCUT2D eigenvalue weighted by atomic mass is 35.5. The normalized spacial score (nSPS) is 27.8. The zero-order valence-electron chi connectivity index (χ0n) is 11.7. The maximum Gasteiger partial charge on any atom is 0.0661 e. The minimum Gasteiger partial charge on any atom is -0.394 e. The summed E-state index contributed by atoms with van der Waals surface area (Å²) in [4.78, 5) is 0. The highest BCUT2D eigenvalue weighted by Crippen LogP contribution is 2.35. The average molecular weight is 282 g/mol. The van der Waals surface area contributed by atoms with Gasteiger partial charge < -0.3 is 10.4 Å². The van der Waals surface area contributed by atoms with Crippen LogP contribution in [0.1, 0.15) is 45.4 Å². The fourth-order valence-electron chi connectivity index (χ4n) is 3.06. The van der Waals surface area contributed by atoms with Crippen LogP contribution >= 0.6 is 11.6 Å². The molecule has 2 N–H and O–H groups in total. The molecule has 0 saturated heterocycles. The second-order valence-corrected chi connectivity index (χ2v) is 6.16. The van der Waals surface area contributed by atoms with E-state index in [0.29, 0.717) is 0 Å². The van der Waals surface area contributed by atoms with E-state index in [1.165, 1.54) is 25.7 Å². The molecule has 2 rings (SSSR count). The first-order valence-electron chi connectivity index (χ1n) is 7.33. The van der Waals surface area contributed by atoms with E-state index >= 15 is 0 Å². The zero-order valence-corrected chi connectivity index (χ0v) is 12.4. The van der Waals surface area contributed by atoms with E-state index in [2.05, 4.69) is 12.2 Å². The van der Waals surface area contributed by atoms with Gasteiger partial charge in [-0.3, -0.25) is 0 Å². The molecule has 0 aromatic heterocycles. The van der Waals surface area contributed by atoms with E-state index < -0.39 is 0 Å². The quantitative estimate of drug-likeness (QED) is 0.798. The SMILES string of the molecule is CCC1CCCC(CO)(Nc2ccccc2Cl)CC1. The summed E-state index contributed by atoms with van der Waals surface area (Å²) in [6.45, 7) is 2.44. The van der Waals surface area contributed by atoms with Gasteiger partial charge in [0.15, 0.2) is 0 Å². The number of aliphatic hydroxyl groups is 1. The topological polar surface area (TPSA) is 32.3 Å². The van der Waals surface area contributed by atoms with Crippen LogP contribution in [0.2, 0.25) is 5.02 Å². The van der Waals surface area contributed by atoms with Gasteiger partial charge in [0.25, 0.3) is 0 Å². The third kappa shape index (κ3) is 3.64. The average Bonchev–Trinajstić information content (AvgIpc) is 2.64. The Labute approximate surface area is 121 Å². The first-order chi connectivity index (χ1) is 9.19. The van der Waals surface area contributed by atoms with Crippen molar-refractivity contribution >= 4 is 17.3 Å². The Balaban J connectivity index is 2.12. The van der Waals surface area contributed by atoms with Crippen molar-refractivity contribution < 1.29 is 5.11 Å². The molecule has 3 heteroatoms. The van der Waals surface area contributed by atoms with Gasteiger partial charge in [-0.25, -0.2) is 0 Å². The first-order valence-corrected chi connectivity index (χ1v) is 7.70. The van der Waals surface area contributed by atoms with Crippen molar-refractivity contribution in [2.24, 2.45) is 5.92 Å². The Morgan fingerprint density at radius 1 is 1.32 bits per heavy atom. The second kappa shape index (κ2) is 6.62. The molecular formula is C16H24ClNO. The maximum atomic E-state index is 9.87. The van der Waals surface area contributed by atoms with Gasteiger partial charge >= 0.3 is 0 Å². The summed E-state index contributed by atoms with van der Waals surface area (Å²) in [5.41, 5.74) is 0.739. The summed E-state index contributed by atoms with van der Waals surface area (Å²) in [5.74, 6) is 0.807. The second-order valence-electron chi connectivity index (χ2n) is 5.75. The highest BCUT2D eigenvalue weighted by molar-refractivity contribution is 6.33. The van der Waals surface area contributed by atoms with Gasteiger partial charge in [0, 0.05) is 0 Å². The number of rotatable bonds is 4. The minimum absolute atomic E-state index is 0.175. The molecular weight excluding hydrogens is 258 g/mol. The Kier molecular flexibility index (Phi) is 5.12. The van der Waals surface area contributed by atoms with Crippen LogP contribution < -0.4 is 5.32 Å². The Hall–Kier alpha value is -0.730. The molecule has 0 spiro atoms. The molecule has 1 fully saturated rings. The van der Waals surface area contributed by atoms with E-state index in [1.807, 2.05) is 24.3 Å². The molecule has 106 valence electrons. The number of halogens is 1. The third-order valence-corrected chi connectivity index (χ3v) is 4.78. The fraction of sp³-hybridized carbons (Fsp3) is 0.625. The van der Waals surface area contributed by atoms with Gasteiger partial charge in [0.05, 0.1) is 22.9 Å². The summed E-state index contributed by atoms with van der Waals surface area (Å²) >= 11 is 6.22. The number of benzene rings is 1. The van der Waals surface area contributed by atoms with Crippen molar-refractivity contribution in [3.63, 3.8) is 0 Å². The van der Waals surface area contributed by atoms with Crippen molar-refractivity contribution in [2.75, 3.05) is 11.9 Å². The number of aliphatic hydroxyl groups excluding tert-OH is 1. The van der Waals surface area contributed by atoms with Crippen LogP contribution in [-0.2, 0) is 0 Å². The summed E-state index contributed by atoms with van der Waals surface area (Å²) in [6, 6.07) is 7.78. The lowest BCUT2D eigenvalue weighted by molar-refractivity contribution is 0.194. The van der Waals surface area contributed by atoms with Gasteiger partial charge in [-0.1, -0.05) is 49.9 Å². The lowest BCUT2D eigenvalue weighted by Crippen LogP contribution is -2.41. The number of anilines is 1. The molecule has 1 aliphatic rings. The Morgan fingerprint density at radius 3 is 2.79 bits per heavy atom. The zero-order chi connectivity index (χ0) is 13.7. The van der Waals surface area contributed by atoms with Crippen molar-refractivity contribution in [3.8, 4) is 0 Å². The summed E-state index contributed by atoms with van der Waals surface area (Å²) in [7, 11) is 0. The molecule has 0 radical (unpaired) electrons. The molecule has 1 saturated carbocycles. The Morgan fingerprint density at radius 2 is 2.11 bits per heavy atom. The number of hydrogen-bond donors (Lipinski definition) is 2. The summed E-state index contributed by atoms with van der Waals surface area (Å²) in [6.07, 6.45) is 6.93. The summed E-state index contributed by atoms with van der Waals surface area (Å²) < 4.78 is 0. The molecule has 2 nitrogen and oxygen atoms in total. The van der Waals surface area contributed by atoms with Crippen LogP contribution in [0.25, 0.3) is 0 Å². The van der Waals surface area contributed by atoms with E-state index in [1.54, 1.807) is 0 Å². The highest BCUT2D eigenvalue weighted by Gasteiger charge is 2.32. The molecule has 0 bridgehead atoms. The van der Waals surface area contributed by atoms with Crippen LogP contribution in [0.3, 0.4) is 0 Å². The van der Waals surface area contributed by atoms with Crippen molar-refractivity contribution in [1.29, 1.82) is 0 Å². The molecule has 2 atom stereocenters. The Bertz CT molecular complexity index is 409. The van der Waals surface area contributed by atoms with Crippen LogP contribution in [0.5, 0.6) is 0 Å². The molecule has 1 aromatic rings. The van der Waals surface area contributed by atoms with Crippen LogP contribution in [0, 0.1) is 5.92 Å². The molecule has 1 aliphatic carbocycles. The van der Waals surface area contributed by atoms with E-state index in [0.717, 1.165) is 29.5 Å². The number of para-hydroxylation sites is 1. The largest absolute Gasteiger partial charge is 0.394 e. The van der Waals surface area contributed by atoms with Crippen LogP contribution in [0.15, 0.2) is 24.3 Å². The predicted octanol–water partition coefficient (Wildman–Crippen LogP) is 4.47. The molecule has 0 aliphatic heterocycles. The van der Waals surface area contributed by atoms with Gasteiger partial charge in [-0.2, -0.15) is 0 Å². The standard InChI is InChI=1S/C16H24ClNO/c1-2-13-6-5-10-16(12-19,11-9-13)18-15-8-4-3-7-14(15)17/h3-4,7-8,13,18-19H,2,5-6,9-12H2,1H3. The third-order valence-electron chi connectivity index (χ3n) is 4.45. The van der Waals surface area contributed by atoms with Crippen LogP contribution in [0.4, 0.5) is 5.69 Å². The minimum atomic E-state index is -0.199. The maximum absolute atomic E-state index is 9.87. The fourth-order valence-corrected chi connectivity index (χ4v) is 3.24. The van der Waals surface area contributed by atoms with E-state index in [-0.39, 0.29) is 12.1 Å². The van der Waals surface area contributed by atoms with Crippen molar-refractivity contribution in [1.82, 2.24) is 0 Å². The lowest BCUT2D eigenvalue weighted by Gasteiger charge is -2.33. The van der Waals surface area contributed by atoms with Gasteiger partial charge in [-0.15, -0.1) is 0 Å². The van der Waals surface area contributed by atoms with Gasteiger partial charge in [0.2, 0.25) is 0 Å². The molecule has 2 unspecified atom stereocenters. The number of hydrogen-bond acceptors (Lipinski definition) is 2. The summed E-state index contributed by atoms with van der Waals surface area (Å²) in [5, 5.41) is 14.1. The predicted molar refractivity (Wildman–Crippen MR) is 81.8 cm³/mol. The molecule has 0 amide bonds. The molecule has 0 heterocycles. The molecule has 19 heavy (non-hydrogen) atoms. The lowest BCUT2D eigenvalue weighted by atomic mass is 9.89. The van der Waals surface area contributed by atoms with Crippen molar-refractivity contribution in [2.45, 2.75) is 51.0 Å². The van der Waals surface area contributed by atoms with E-state index in [4.69, 9.17) is 11.6 Å². The molecule has 1 aromatic carbocycles. The van der Waals surface area contributed by atoms with Crippen LogP contribution in [-0.4, -0.2) is 17.3 Å². The monoisotopic (exact) mass is 281 g/mol.